The van der Waals surface area contributed by atoms with Gasteiger partial charge in [-0.3, -0.25) is 14.9 Å². The van der Waals surface area contributed by atoms with Gasteiger partial charge >= 0.3 is 0 Å². The van der Waals surface area contributed by atoms with Gasteiger partial charge in [-0.05, 0) is 37.3 Å². The van der Waals surface area contributed by atoms with Crippen LogP contribution in [0.1, 0.15) is 19.8 Å². The average molecular weight is 525 g/mol. The third-order valence-electron chi connectivity index (χ3n) is 5.64. The molecular formula is C21H24N4O6S3. The van der Waals surface area contributed by atoms with Gasteiger partial charge in [0.1, 0.15) is 4.21 Å². The highest BCUT2D eigenvalue weighted by molar-refractivity contribution is 7.91. The minimum atomic E-state index is -3.54. The molecule has 0 spiro atoms. The number of rotatable bonds is 8. The van der Waals surface area contributed by atoms with Gasteiger partial charge in [-0.2, -0.15) is 9.30 Å². The molecule has 1 fully saturated rings. The summed E-state index contributed by atoms with van der Waals surface area (Å²) in [5, 5.41) is 12.9. The number of fused-ring (bicyclic) bond motifs is 1. The summed E-state index contributed by atoms with van der Waals surface area (Å²) in [6, 6.07) is 7.86. The first-order valence-electron chi connectivity index (χ1n) is 10.8. The Morgan fingerprint density at radius 1 is 1.29 bits per heavy atom. The van der Waals surface area contributed by atoms with Crippen LogP contribution in [0.25, 0.3) is 10.2 Å². The quantitative estimate of drug-likeness (QED) is 0.253. The van der Waals surface area contributed by atoms with Crippen molar-refractivity contribution >= 4 is 54.5 Å². The van der Waals surface area contributed by atoms with Crippen LogP contribution in [0.15, 0.2) is 44.9 Å². The summed E-state index contributed by atoms with van der Waals surface area (Å²) < 4.78 is 35.1. The van der Waals surface area contributed by atoms with Crippen LogP contribution in [0.4, 0.5) is 5.69 Å². The molecule has 1 saturated heterocycles. The summed E-state index contributed by atoms with van der Waals surface area (Å²) in [5.74, 6) is -0.686. The van der Waals surface area contributed by atoms with Crippen LogP contribution in [0.3, 0.4) is 0 Å². The molecule has 1 aliphatic rings. The van der Waals surface area contributed by atoms with Crippen LogP contribution >= 0.6 is 22.7 Å². The van der Waals surface area contributed by atoms with E-state index in [0.717, 1.165) is 5.52 Å². The van der Waals surface area contributed by atoms with E-state index in [1.165, 1.54) is 39.1 Å². The van der Waals surface area contributed by atoms with E-state index in [9.17, 15) is 23.3 Å². The van der Waals surface area contributed by atoms with Crippen molar-refractivity contribution in [3.8, 4) is 0 Å². The lowest BCUT2D eigenvalue weighted by Crippen LogP contribution is -2.40. The molecular weight excluding hydrogens is 500 g/mol. The Kier molecular flexibility index (Phi) is 7.57. The molecule has 0 aliphatic carbocycles. The normalized spacial score (nSPS) is 16.3. The third-order valence-corrected chi connectivity index (χ3v) is 9.95. The van der Waals surface area contributed by atoms with Gasteiger partial charge < -0.3 is 9.30 Å². The van der Waals surface area contributed by atoms with Crippen LogP contribution in [-0.2, 0) is 26.1 Å². The molecule has 10 nitrogen and oxygen atoms in total. The number of hydrogen-bond acceptors (Lipinski definition) is 8. The molecule has 0 unspecified atom stereocenters. The van der Waals surface area contributed by atoms with Gasteiger partial charge in [0, 0.05) is 44.3 Å². The largest absolute Gasteiger partial charge is 0.380 e. The molecule has 3 aromatic rings. The van der Waals surface area contributed by atoms with Gasteiger partial charge in [-0.1, -0.05) is 17.4 Å². The fraction of sp³-hybridized carbons (Fsp3) is 0.429. The van der Waals surface area contributed by atoms with Crippen molar-refractivity contribution in [1.82, 2.24) is 8.87 Å². The number of benzene rings is 1. The molecule has 2 aromatic heterocycles. The molecule has 0 saturated carbocycles. The predicted octanol–water partition coefficient (Wildman–Crippen LogP) is 3.24. The number of piperidine rings is 1. The lowest BCUT2D eigenvalue weighted by atomic mass is 9.98. The Labute approximate surface area is 204 Å². The zero-order valence-electron chi connectivity index (χ0n) is 18.5. The SMILES string of the molecule is CCOCCn1c(=NC(=O)C2CCN(S(=O)(=O)c3cccs3)CC2)sc2cc([N+](=O)[O-])ccc21. The molecule has 3 heterocycles. The third kappa shape index (κ3) is 5.13. The zero-order valence-corrected chi connectivity index (χ0v) is 20.9. The predicted molar refractivity (Wildman–Crippen MR) is 129 cm³/mol. The lowest BCUT2D eigenvalue weighted by Gasteiger charge is -2.29. The van der Waals surface area contributed by atoms with E-state index >= 15 is 0 Å². The van der Waals surface area contributed by atoms with Crippen LogP contribution in [0, 0.1) is 16.0 Å². The van der Waals surface area contributed by atoms with Crippen LogP contribution < -0.4 is 4.80 Å². The number of thiazole rings is 1. The molecule has 13 heteroatoms. The Morgan fingerprint density at radius 3 is 2.71 bits per heavy atom. The fourth-order valence-corrected chi connectivity index (χ4v) is 7.55. The minimum Gasteiger partial charge on any atom is -0.380 e. The van der Waals surface area contributed by atoms with Crippen molar-refractivity contribution < 1.29 is 22.9 Å². The van der Waals surface area contributed by atoms with E-state index in [1.54, 1.807) is 23.6 Å². The number of nitrogens with zero attached hydrogens (tertiary/aromatic N) is 4. The molecule has 0 bridgehead atoms. The van der Waals surface area contributed by atoms with E-state index in [1.807, 2.05) is 11.5 Å². The number of amides is 1. The number of thiophene rings is 1. The maximum absolute atomic E-state index is 13.0. The standard InChI is InChI=1S/C21H24N4O6S3/c1-2-31-12-11-24-17-6-5-16(25(27)28)14-18(17)33-21(24)22-20(26)15-7-9-23(10-8-15)34(29,30)19-4-3-13-32-19/h3-6,13-15H,2,7-12H2,1H3. The summed E-state index contributed by atoms with van der Waals surface area (Å²) in [6.45, 7) is 3.82. The maximum atomic E-state index is 13.0. The number of non-ortho nitro benzene ring substituents is 1. The number of aromatic nitrogens is 1. The van der Waals surface area contributed by atoms with Crippen molar-refractivity contribution in [2.45, 2.75) is 30.5 Å². The molecule has 34 heavy (non-hydrogen) atoms. The van der Waals surface area contributed by atoms with Gasteiger partial charge in [0.15, 0.2) is 4.80 Å². The van der Waals surface area contributed by atoms with Gasteiger partial charge in [-0.25, -0.2) is 8.42 Å². The van der Waals surface area contributed by atoms with Gasteiger partial charge in [0.05, 0.1) is 21.7 Å². The highest BCUT2D eigenvalue weighted by atomic mass is 32.2. The second-order valence-electron chi connectivity index (χ2n) is 7.70. The highest BCUT2D eigenvalue weighted by Crippen LogP contribution is 2.27. The Hall–Kier alpha value is -2.45. The molecule has 1 aromatic carbocycles. The van der Waals surface area contributed by atoms with Crippen molar-refractivity contribution in [3.05, 3.63) is 50.6 Å². The average Bonchev–Trinajstić information content (AvgIpc) is 3.48. The van der Waals surface area contributed by atoms with Crippen molar-refractivity contribution in [1.29, 1.82) is 0 Å². The molecule has 0 atom stereocenters. The highest BCUT2D eigenvalue weighted by Gasteiger charge is 2.32. The molecule has 0 radical (unpaired) electrons. The minimum absolute atomic E-state index is 0.0251. The second kappa shape index (κ2) is 10.4. The van der Waals surface area contributed by atoms with Gasteiger partial charge in [0.2, 0.25) is 0 Å². The number of carbonyl (C=O) groups is 1. The van der Waals surface area contributed by atoms with Crippen molar-refractivity contribution in [2.75, 3.05) is 26.3 Å². The molecule has 0 N–H and O–H groups in total. The summed E-state index contributed by atoms with van der Waals surface area (Å²) in [6.07, 6.45) is 0.782. The van der Waals surface area contributed by atoms with Crippen LogP contribution in [-0.4, -0.2) is 54.4 Å². The lowest BCUT2D eigenvalue weighted by molar-refractivity contribution is -0.384. The van der Waals surface area contributed by atoms with E-state index in [0.29, 0.717) is 46.3 Å². The molecule has 1 amide bonds. The number of nitro benzene ring substituents is 1. The number of sulfonamides is 1. The fourth-order valence-electron chi connectivity index (χ4n) is 3.84. The van der Waals surface area contributed by atoms with Gasteiger partial charge in [-0.15, -0.1) is 11.3 Å². The van der Waals surface area contributed by atoms with Crippen molar-refractivity contribution in [2.24, 2.45) is 10.9 Å². The topological polar surface area (TPSA) is 124 Å². The second-order valence-corrected chi connectivity index (χ2v) is 11.8. The van der Waals surface area contributed by atoms with Crippen LogP contribution in [0.2, 0.25) is 0 Å². The first-order valence-corrected chi connectivity index (χ1v) is 13.9. The number of hydrogen-bond donors (Lipinski definition) is 0. The first-order chi connectivity index (χ1) is 16.3. The van der Waals surface area contributed by atoms with Gasteiger partial charge in [0.25, 0.3) is 21.6 Å². The van der Waals surface area contributed by atoms with Crippen LogP contribution in [0.5, 0.6) is 0 Å². The Morgan fingerprint density at radius 2 is 2.06 bits per heavy atom. The van der Waals surface area contributed by atoms with E-state index in [-0.39, 0.29) is 30.6 Å². The van der Waals surface area contributed by atoms with E-state index in [2.05, 4.69) is 4.99 Å². The number of ether oxygens (including phenoxy) is 1. The molecule has 1 aliphatic heterocycles. The zero-order chi connectivity index (χ0) is 24.3. The summed E-state index contributed by atoms with van der Waals surface area (Å²) in [4.78, 5) is 28.5. The van der Waals surface area contributed by atoms with E-state index in [4.69, 9.17) is 4.74 Å². The maximum Gasteiger partial charge on any atom is 0.270 e. The molecule has 182 valence electrons. The summed E-state index contributed by atoms with van der Waals surface area (Å²) in [5.41, 5.74) is 0.724. The monoisotopic (exact) mass is 524 g/mol. The number of carbonyl (C=O) groups excluding carboxylic acids is 1. The summed E-state index contributed by atoms with van der Waals surface area (Å²) >= 11 is 2.40. The number of nitro groups is 1. The smallest absolute Gasteiger partial charge is 0.270 e. The summed E-state index contributed by atoms with van der Waals surface area (Å²) in [7, 11) is -3.54. The van der Waals surface area contributed by atoms with Crippen molar-refractivity contribution in [3.63, 3.8) is 0 Å². The Bertz CT molecular complexity index is 1350. The van der Waals surface area contributed by atoms with E-state index < -0.39 is 14.9 Å². The molecule has 4 rings (SSSR count). The Balaban J connectivity index is 1.56. The first kappa shape index (κ1) is 24.7.